The second kappa shape index (κ2) is 4.53. The van der Waals surface area contributed by atoms with Gasteiger partial charge >= 0.3 is 0 Å². The first-order chi connectivity index (χ1) is 8.32. The molecule has 0 aliphatic carbocycles. The summed E-state index contributed by atoms with van der Waals surface area (Å²) in [6.07, 6.45) is -0.670. The maximum Gasteiger partial charge on any atom is 0.261 e. The minimum atomic E-state index is -3.84. The molecule has 0 spiro atoms. The van der Waals surface area contributed by atoms with Crippen LogP contribution in [0.15, 0.2) is 23.1 Å². The van der Waals surface area contributed by atoms with Crippen molar-refractivity contribution in [2.45, 2.75) is 24.3 Å². The van der Waals surface area contributed by atoms with E-state index in [4.69, 9.17) is 10.7 Å². The van der Waals surface area contributed by atoms with E-state index in [1.807, 2.05) is 0 Å². The van der Waals surface area contributed by atoms with Gasteiger partial charge in [-0.25, -0.2) is 8.42 Å². The van der Waals surface area contributed by atoms with E-state index in [-0.39, 0.29) is 4.90 Å². The first kappa shape index (κ1) is 13.3. The number of hydrogen-bond acceptors (Lipinski definition) is 4. The molecule has 7 heteroatoms. The third kappa shape index (κ3) is 2.23. The Morgan fingerprint density at radius 3 is 2.61 bits per heavy atom. The zero-order valence-electron chi connectivity index (χ0n) is 9.63. The number of hydrogen-bond donors (Lipinski definition) is 1. The summed E-state index contributed by atoms with van der Waals surface area (Å²) in [6.45, 7) is 1.95. The lowest BCUT2D eigenvalue weighted by Crippen LogP contribution is -2.29. The molecular formula is C11H12ClNO4S. The van der Waals surface area contributed by atoms with Gasteiger partial charge in [-0.05, 0) is 24.6 Å². The predicted octanol–water partition coefficient (Wildman–Crippen LogP) is 1.02. The monoisotopic (exact) mass is 289 g/mol. The lowest BCUT2D eigenvalue weighted by molar-refractivity contribution is -0.124. The van der Waals surface area contributed by atoms with Crippen LogP contribution in [0.1, 0.15) is 12.0 Å². The summed E-state index contributed by atoms with van der Waals surface area (Å²) in [5, 5.41) is 9.41. The van der Waals surface area contributed by atoms with Crippen LogP contribution in [-0.2, 0) is 13.8 Å². The molecule has 1 amide bonds. The van der Waals surface area contributed by atoms with Crippen molar-refractivity contribution in [3.8, 4) is 0 Å². The van der Waals surface area contributed by atoms with E-state index in [9.17, 15) is 18.3 Å². The largest absolute Gasteiger partial charge is 0.383 e. The Labute approximate surface area is 109 Å². The molecule has 1 aromatic rings. The molecular weight excluding hydrogens is 278 g/mol. The van der Waals surface area contributed by atoms with Crippen LogP contribution in [0.3, 0.4) is 0 Å². The van der Waals surface area contributed by atoms with E-state index in [0.717, 1.165) is 0 Å². The van der Waals surface area contributed by atoms with Crippen molar-refractivity contribution in [1.82, 2.24) is 0 Å². The second-order valence-electron chi connectivity index (χ2n) is 4.13. The lowest BCUT2D eigenvalue weighted by atomic mass is 10.2. The van der Waals surface area contributed by atoms with Crippen molar-refractivity contribution < 1.29 is 18.3 Å². The molecule has 1 N–H and O–H groups in total. The number of aliphatic hydroxyl groups is 1. The van der Waals surface area contributed by atoms with Gasteiger partial charge in [-0.1, -0.05) is 6.07 Å². The Bertz CT molecular complexity index is 599. The minimum absolute atomic E-state index is 0.0177. The van der Waals surface area contributed by atoms with Crippen molar-refractivity contribution in [3.05, 3.63) is 23.8 Å². The Kier molecular flexibility index (Phi) is 3.35. The first-order valence-corrected chi connectivity index (χ1v) is 7.67. The number of anilines is 1. The average molecular weight is 290 g/mol. The van der Waals surface area contributed by atoms with Crippen molar-refractivity contribution in [1.29, 1.82) is 0 Å². The predicted molar refractivity (Wildman–Crippen MR) is 67.2 cm³/mol. The zero-order chi connectivity index (χ0) is 13.5. The minimum Gasteiger partial charge on any atom is -0.383 e. The van der Waals surface area contributed by atoms with E-state index >= 15 is 0 Å². The maximum absolute atomic E-state index is 11.7. The fourth-order valence-corrected chi connectivity index (χ4v) is 3.28. The van der Waals surface area contributed by atoms with Crippen molar-refractivity contribution >= 4 is 31.3 Å². The average Bonchev–Trinajstić information content (AvgIpc) is 2.59. The number of carbonyl (C=O) groups excluding carboxylic acids is 1. The standard InChI is InChI=1S/C11H12ClNO4S/c1-7-8(13-6-5-9(14)11(13)15)3-2-4-10(7)18(12,16)17/h2-4,9,14H,5-6H2,1H3/t9-/m1/s1. The van der Waals surface area contributed by atoms with Crippen LogP contribution in [0, 0.1) is 6.92 Å². The van der Waals surface area contributed by atoms with Gasteiger partial charge in [-0.2, -0.15) is 0 Å². The second-order valence-corrected chi connectivity index (χ2v) is 6.67. The topological polar surface area (TPSA) is 74.7 Å². The molecule has 0 radical (unpaired) electrons. The highest BCUT2D eigenvalue weighted by atomic mass is 35.7. The van der Waals surface area contributed by atoms with Gasteiger partial charge in [0, 0.05) is 29.3 Å². The van der Waals surface area contributed by atoms with Gasteiger partial charge in [0.15, 0.2) is 0 Å². The number of aliphatic hydroxyl groups excluding tert-OH is 1. The maximum atomic E-state index is 11.7. The van der Waals surface area contributed by atoms with Crippen molar-refractivity contribution in [2.75, 3.05) is 11.4 Å². The summed E-state index contributed by atoms with van der Waals surface area (Å²) in [5.74, 6) is -0.415. The van der Waals surface area contributed by atoms with Crippen LogP contribution in [-0.4, -0.2) is 32.1 Å². The third-order valence-electron chi connectivity index (χ3n) is 2.99. The Hall–Kier alpha value is -1.11. The van der Waals surface area contributed by atoms with Crippen LogP contribution in [0.2, 0.25) is 0 Å². The smallest absolute Gasteiger partial charge is 0.261 e. The van der Waals surface area contributed by atoms with Crippen LogP contribution in [0.5, 0.6) is 0 Å². The lowest BCUT2D eigenvalue weighted by Gasteiger charge is -2.19. The number of amides is 1. The highest BCUT2D eigenvalue weighted by molar-refractivity contribution is 8.13. The van der Waals surface area contributed by atoms with Crippen molar-refractivity contribution in [3.63, 3.8) is 0 Å². The molecule has 1 aliphatic heterocycles. The zero-order valence-corrected chi connectivity index (χ0v) is 11.2. The molecule has 1 aliphatic rings. The van der Waals surface area contributed by atoms with Gasteiger partial charge in [0.25, 0.3) is 15.0 Å². The van der Waals surface area contributed by atoms with Crippen LogP contribution in [0.25, 0.3) is 0 Å². The summed E-state index contributed by atoms with van der Waals surface area (Å²) >= 11 is 0. The molecule has 1 saturated heterocycles. The molecule has 0 aromatic heterocycles. The van der Waals surface area contributed by atoms with E-state index in [2.05, 4.69) is 0 Å². The molecule has 18 heavy (non-hydrogen) atoms. The summed E-state index contributed by atoms with van der Waals surface area (Å²) in [6, 6.07) is 4.55. The molecule has 1 heterocycles. The Morgan fingerprint density at radius 2 is 2.11 bits per heavy atom. The number of benzene rings is 1. The number of rotatable bonds is 2. The van der Waals surface area contributed by atoms with Gasteiger partial charge in [0.05, 0.1) is 4.90 Å². The highest BCUT2D eigenvalue weighted by Crippen LogP contribution is 2.30. The van der Waals surface area contributed by atoms with E-state index in [0.29, 0.717) is 24.2 Å². The highest BCUT2D eigenvalue weighted by Gasteiger charge is 2.32. The molecule has 1 atom stereocenters. The van der Waals surface area contributed by atoms with Crippen molar-refractivity contribution in [2.24, 2.45) is 0 Å². The van der Waals surface area contributed by atoms with E-state index in [1.54, 1.807) is 13.0 Å². The first-order valence-electron chi connectivity index (χ1n) is 5.36. The molecule has 0 saturated carbocycles. The summed E-state index contributed by atoms with van der Waals surface area (Å²) < 4.78 is 22.8. The van der Waals surface area contributed by atoms with E-state index in [1.165, 1.54) is 17.0 Å². The molecule has 0 unspecified atom stereocenters. The third-order valence-corrected chi connectivity index (χ3v) is 4.45. The number of halogens is 1. The number of carbonyl (C=O) groups is 1. The normalized spacial score (nSPS) is 20.5. The van der Waals surface area contributed by atoms with Gasteiger partial charge < -0.3 is 10.0 Å². The molecule has 5 nitrogen and oxygen atoms in total. The Morgan fingerprint density at radius 1 is 1.44 bits per heavy atom. The van der Waals surface area contributed by atoms with Crippen LogP contribution >= 0.6 is 10.7 Å². The molecule has 1 aromatic carbocycles. The fourth-order valence-electron chi connectivity index (χ4n) is 2.06. The summed E-state index contributed by atoms with van der Waals surface area (Å²) in [7, 11) is 1.48. The Balaban J connectivity index is 2.51. The summed E-state index contributed by atoms with van der Waals surface area (Å²) in [5.41, 5.74) is 0.883. The van der Waals surface area contributed by atoms with Gasteiger partial charge in [0.2, 0.25) is 0 Å². The number of nitrogens with zero attached hydrogens (tertiary/aromatic N) is 1. The molecule has 98 valence electrons. The van der Waals surface area contributed by atoms with Gasteiger partial charge in [0.1, 0.15) is 6.10 Å². The van der Waals surface area contributed by atoms with Crippen LogP contribution in [0.4, 0.5) is 5.69 Å². The van der Waals surface area contributed by atoms with Gasteiger partial charge in [-0.15, -0.1) is 0 Å². The molecule has 1 fully saturated rings. The van der Waals surface area contributed by atoms with Crippen LogP contribution < -0.4 is 4.90 Å². The van der Waals surface area contributed by atoms with Gasteiger partial charge in [-0.3, -0.25) is 4.79 Å². The quantitative estimate of drug-likeness (QED) is 0.825. The summed E-state index contributed by atoms with van der Waals surface area (Å²) in [4.78, 5) is 13.1. The SMILES string of the molecule is Cc1c(N2CC[C@@H](O)C2=O)cccc1S(=O)(=O)Cl. The molecule has 2 rings (SSSR count). The fraction of sp³-hybridized carbons (Fsp3) is 0.364. The van der Waals surface area contributed by atoms with E-state index < -0.39 is 21.1 Å². The molecule has 0 bridgehead atoms.